The third-order valence-corrected chi connectivity index (χ3v) is 2.31. The summed E-state index contributed by atoms with van der Waals surface area (Å²) in [5.41, 5.74) is 0. The molecule has 0 amide bonds. The first-order valence-electron chi connectivity index (χ1n) is 4.21. The molecule has 13 heavy (non-hydrogen) atoms. The largest absolute Gasteiger partial charge is 0.490 e. The number of hydrogen-bond acceptors (Lipinski definition) is 4. The highest BCUT2D eigenvalue weighted by atomic mass is 16.6. The normalized spacial score (nSPS) is 40.2. The Morgan fingerprint density at radius 1 is 1.31 bits per heavy atom. The molecular formula is C9H16O4. The Labute approximate surface area is 78.1 Å². The van der Waals surface area contributed by atoms with Crippen molar-refractivity contribution in [2.45, 2.75) is 31.3 Å². The van der Waals surface area contributed by atoms with Crippen molar-refractivity contribution in [1.82, 2.24) is 0 Å². The predicted octanol–water partition coefficient (Wildman–Crippen LogP) is 0.310. The molecule has 1 heterocycles. The maximum Gasteiger partial charge on any atom is 0.139 e. The highest BCUT2D eigenvalue weighted by Gasteiger charge is 2.40. The van der Waals surface area contributed by atoms with Crippen LogP contribution in [0.4, 0.5) is 0 Å². The Morgan fingerprint density at radius 3 is 2.31 bits per heavy atom. The number of ether oxygens (including phenoxy) is 3. The second-order valence-corrected chi connectivity index (χ2v) is 3.13. The van der Waals surface area contributed by atoms with E-state index in [1.54, 1.807) is 7.11 Å². The molecule has 1 N–H and O–H groups in total. The molecule has 0 radical (unpaired) electrons. The molecular weight excluding hydrogens is 172 g/mol. The van der Waals surface area contributed by atoms with E-state index in [0.29, 0.717) is 5.76 Å². The fraction of sp³-hybridized carbons (Fsp3) is 0.778. The van der Waals surface area contributed by atoms with Gasteiger partial charge in [0, 0.05) is 14.2 Å². The van der Waals surface area contributed by atoms with Gasteiger partial charge < -0.3 is 19.3 Å². The van der Waals surface area contributed by atoms with Crippen LogP contribution in [-0.2, 0) is 14.2 Å². The molecule has 1 aliphatic heterocycles. The Kier molecular flexibility index (Phi) is 3.30. The predicted molar refractivity (Wildman–Crippen MR) is 47.3 cm³/mol. The minimum atomic E-state index is -0.814. The molecule has 0 spiro atoms. The molecule has 0 saturated carbocycles. The van der Waals surface area contributed by atoms with Gasteiger partial charge in [0.25, 0.3) is 0 Å². The van der Waals surface area contributed by atoms with Crippen LogP contribution in [0.5, 0.6) is 0 Å². The topological polar surface area (TPSA) is 47.9 Å². The first-order valence-corrected chi connectivity index (χ1v) is 4.21. The average Bonchev–Trinajstić information content (AvgIpc) is 2.10. The molecule has 0 aromatic carbocycles. The molecule has 0 aromatic rings. The summed E-state index contributed by atoms with van der Waals surface area (Å²) in [6, 6.07) is 0. The fourth-order valence-corrected chi connectivity index (χ4v) is 1.59. The lowest BCUT2D eigenvalue weighted by Gasteiger charge is -2.39. The minimum absolute atomic E-state index is 0.147. The van der Waals surface area contributed by atoms with Gasteiger partial charge in [0.1, 0.15) is 30.2 Å². The zero-order valence-corrected chi connectivity index (χ0v) is 8.19. The van der Waals surface area contributed by atoms with Crippen LogP contribution < -0.4 is 0 Å². The van der Waals surface area contributed by atoms with Gasteiger partial charge in [-0.05, 0) is 6.92 Å². The summed E-state index contributed by atoms with van der Waals surface area (Å²) in [4.78, 5) is 0. The zero-order valence-electron chi connectivity index (χ0n) is 8.19. The molecule has 0 bridgehead atoms. The third kappa shape index (κ3) is 1.85. The van der Waals surface area contributed by atoms with Crippen molar-refractivity contribution in [3.63, 3.8) is 0 Å². The minimum Gasteiger partial charge on any atom is -0.490 e. The average molecular weight is 188 g/mol. The quantitative estimate of drug-likeness (QED) is 0.677. The summed E-state index contributed by atoms with van der Waals surface area (Å²) in [6.45, 7) is 5.46. The molecule has 1 saturated heterocycles. The molecule has 4 atom stereocenters. The van der Waals surface area contributed by atoms with E-state index >= 15 is 0 Å². The molecule has 4 heteroatoms. The van der Waals surface area contributed by atoms with Crippen molar-refractivity contribution in [3.8, 4) is 0 Å². The maximum absolute atomic E-state index is 9.63. The summed E-state index contributed by atoms with van der Waals surface area (Å²) in [7, 11) is 3.10. The standard InChI is InChI=1S/C9H16O4/c1-5-7(10)9(12-4)8(11-3)6(2)13-5/h6-10H,1H2,2-4H3/t6-,7+,8-,9+/m0/s1. The van der Waals surface area contributed by atoms with Crippen molar-refractivity contribution in [3.05, 3.63) is 12.3 Å². The molecule has 0 aromatic heterocycles. The number of methoxy groups -OCH3 is 2. The van der Waals surface area contributed by atoms with Gasteiger partial charge in [-0.25, -0.2) is 0 Å². The van der Waals surface area contributed by atoms with Crippen LogP contribution in [0.2, 0.25) is 0 Å². The van der Waals surface area contributed by atoms with Crippen LogP contribution in [0.3, 0.4) is 0 Å². The van der Waals surface area contributed by atoms with Crippen molar-refractivity contribution in [1.29, 1.82) is 0 Å². The molecule has 4 nitrogen and oxygen atoms in total. The molecule has 0 unspecified atom stereocenters. The Bertz CT molecular complexity index is 192. The first kappa shape index (κ1) is 10.5. The second kappa shape index (κ2) is 4.09. The number of aliphatic hydroxyl groups excluding tert-OH is 1. The molecule has 1 fully saturated rings. The fourth-order valence-electron chi connectivity index (χ4n) is 1.59. The Hall–Kier alpha value is -0.580. The van der Waals surface area contributed by atoms with Gasteiger partial charge in [-0.15, -0.1) is 0 Å². The maximum atomic E-state index is 9.63. The van der Waals surface area contributed by atoms with Gasteiger partial charge in [0.2, 0.25) is 0 Å². The lowest BCUT2D eigenvalue weighted by Crippen LogP contribution is -2.52. The summed E-state index contributed by atoms with van der Waals surface area (Å²) < 4.78 is 15.6. The molecule has 1 aliphatic rings. The van der Waals surface area contributed by atoms with E-state index in [0.717, 1.165) is 0 Å². The van der Waals surface area contributed by atoms with Crippen LogP contribution >= 0.6 is 0 Å². The van der Waals surface area contributed by atoms with Gasteiger partial charge in [0.15, 0.2) is 0 Å². The van der Waals surface area contributed by atoms with Gasteiger partial charge in [0.05, 0.1) is 0 Å². The molecule has 1 rings (SSSR count). The summed E-state index contributed by atoms with van der Waals surface area (Å²) >= 11 is 0. The Morgan fingerprint density at radius 2 is 1.85 bits per heavy atom. The lowest BCUT2D eigenvalue weighted by atomic mass is 9.99. The van der Waals surface area contributed by atoms with Gasteiger partial charge >= 0.3 is 0 Å². The molecule has 76 valence electrons. The van der Waals surface area contributed by atoms with E-state index in [1.807, 2.05) is 6.92 Å². The SMILES string of the molecule is C=C1O[C@@H](C)[C@H](OC)[C@H](OC)[C@@H]1O. The van der Waals surface area contributed by atoms with Crippen molar-refractivity contribution in [2.75, 3.05) is 14.2 Å². The number of rotatable bonds is 2. The smallest absolute Gasteiger partial charge is 0.139 e. The lowest BCUT2D eigenvalue weighted by molar-refractivity contribution is -0.171. The Balaban J connectivity index is 2.77. The van der Waals surface area contributed by atoms with E-state index in [1.165, 1.54) is 7.11 Å². The molecule has 0 aliphatic carbocycles. The second-order valence-electron chi connectivity index (χ2n) is 3.13. The van der Waals surface area contributed by atoms with Gasteiger partial charge in [-0.3, -0.25) is 0 Å². The van der Waals surface area contributed by atoms with E-state index in [4.69, 9.17) is 14.2 Å². The summed E-state index contributed by atoms with van der Waals surface area (Å²) in [5.74, 6) is 0.340. The van der Waals surface area contributed by atoms with E-state index in [-0.39, 0.29) is 12.2 Å². The number of hydrogen-bond donors (Lipinski definition) is 1. The van der Waals surface area contributed by atoms with Gasteiger partial charge in [-0.2, -0.15) is 0 Å². The van der Waals surface area contributed by atoms with Crippen molar-refractivity contribution >= 4 is 0 Å². The first-order chi connectivity index (χ1) is 6.11. The van der Waals surface area contributed by atoms with Crippen LogP contribution in [0, 0.1) is 0 Å². The summed E-state index contributed by atoms with van der Waals surface area (Å²) in [6.07, 6.45) is -1.62. The van der Waals surface area contributed by atoms with Gasteiger partial charge in [-0.1, -0.05) is 6.58 Å². The van der Waals surface area contributed by atoms with E-state index in [9.17, 15) is 5.11 Å². The highest BCUT2D eigenvalue weighted by Crippen LogP contribution is 2.25. The van der Waals surface area contributed by atoms with Crippen LogP contribution in [0.25, 0.3) is 0 Å². The van der Waals surface area contributed by atoms with Crippen molar-refractivity contribution < 1.29 is 19.3 Å². The number of aliphatic hydroxyl groups is 1. The van der Waals surface area contributed by atoms with Crippen LogP contribution in [-0.4, -0.2) is 43.7 Å². The third-order valence-electron chi connectivity index (χ3n) is 2.31. The van der Waals surface area contributed by atoms with Crippen LogP contribution in [0.1, 0.15) is 6.92 Å². The van der Waals surface area contributed by atoms with Crippen LogP contribution in [0.15, 0.2) is 12.3 Å². The van der Waals surface area contributed by atoms with E-state index < -0.39 is 12.2 Å². The monoisotopic (exact) mass is 188 g/mol. The zero-order chi connectivity index (χ0) is 10.0. The summed E-state index contributed by atoms with van der Waals surface area (Å²) in [5, 5.41) is 9.63. The highest BCUT2D eigenvalue weighted by molar-refractivity contribution is 5.05. The van der Waals surface area contributed by atoms with E-state index in [2.05, 4.69) is 6.58 Å². The van der Waals surface area contributed by atoms with Crippen molar-refractivity contribution in [2.24, 2.45) is 0 Å².